The SMILES string of the molecule is CN(CC1CCC1(C)C)CC(C)(C)C. The second-order valence-electron chi connectivity index (χ2n) is 6.98. The molecule has 14 heavy (non-hydrogen) atoms. The molecule has 0 aromatic rings. The Bertz CT molecular complexity index is 188. The van der Waals surface area contributed by atoms with Crippen molar-refractivity contribution in [3.63, 3.8) is 0 Å². The first-order valence-corrected chi connectivity index (χ1v) is 5.89. The molecule has 1 heteroatoms. The Hall–Kier alpha value is -0.0400. The molecule has 0 radical (unpaired) electrons. The zero-order valence-corrected chi connectivity index (χ0v) is 10.9. The lowest BCUT2D eigenvalue weighted by Crippen LogP contribution is -2.43. The third-order valence-electron chi connectivity index (χ3n) is 3.52. The molecule has 0 N–H and O–H groups in total. The summed E-state index contributed by atoms with van der Waals surface area (Å²) in [6.45, 7) is 14.3. The van der Waals surface area contributed by atoms with Gasteiger partial charge in [0.05, 0.1) is 0 Å². The van der Waals surface area contributed by atoms with E-state index < -0.39 is 0 Å². The van der Waals surface area contributed by atoms with Crippen molar-refractivity contribution in [3.8, 4) is 0 Å². The largest absolute Gasteiger partial charge is 0.306 e. The molecular weight excluding hydrogens is 170 g/mol. The van der Waals surface area contributed by atoms with Gasteiger partial charge >= 0.3 is 0 Å². The molecule has 0 aliphatic heterocycles. The van der Waals surface area contributed by atoms with Gasteiger partial charge in [0.15, 0.2) is 0 Å². The summed E-state index contributed by atoms with van der Waals surface area (Å²) in [7, 11) is 2.26. The number of hydrogen-bond donors (Lipinski definition) is 0. The molecule has 1 aliphatic rings. The first kappa shape index (κ1) is 12.0. The van der Waals surface area contributed by atoms with E-state index in [-0.39, 0.29) is 0 Å². The zero-order chi connectivity index (χ0) is 11.0. The molecule has 1 aliphatic carbocycles. The van der Waals surface area contributed by atoms with Crippen LogP contribution in [0.2, 0.25) is 0 Å². The maximum atomic E-state index is 2.51. The van der Waals surface area contributed by atoms with Gasteiger partial charge in [-0.05, 0) is 36.6 Å². The quantitative estimate of drug-likeness (QED) is 0.670. The third-order valence-corrected chi connectivity index (χ3v) is 3.52. The molecule has 0 saturated heterocycles. The van der Waals surface area contributed by atoms with Gasteiger partial charge in [-0.3, -0.25) is 0 Å². The topological polar surface area (TPSA) is 3.24 Å². The van der Waals surface area contributed by atoms with Crippen LogP contribution >= 0.6 is 0 Å². The summed E-state index contributed by atoms with van der Waals surface area (Å²) in [5.74, 6) is 0.926. The van der Waals surface area contributed by atoms with Gasteiger partial charge in [-0.2, -0.15) is 0 Å². The van der Waals surface area contributed by atoms with Gasteiger partial charge in [-0.15, -0.1) is 0 Å². The Kier molecular flexibility index (Phi) is 3.30. The Balaban J connectivity index is 2.31. The van der Waals surface area contributed by atoms with Crippen molar-refractivity contribution in [3.05, 3.63) is 0 Å². The maximum Gasteiger partial charge on any atom is 0.00271 e. The highest BCUT2D eigenvalue weighted by Gasteiger charge is 2.38. The van der Waals surface area contributed by atoms with Gasteiger partial charge in [0, 0.05) is 13.1 Å². The van der Waals surface area contributed by atoms with E-state index in [2.05, 4.69) is 46.6 Å². The van der Waals surface area contributed by atoms with E-state index in [4.69, 9.17) is 0 Å². The molecule has 0 heterocycles. The van der Waals surface area contributed by atoms with Crippen molar-refractivity contribution in [2.24, 2.45) is 16.7 Å². The van der Waals surface area contributed by atoms with Crippen LogP contribution in [0, 0.1) is 16.7 Å². The van der Waals surface area contributed by atoms with Crippen LogP contribution in [-0.4, -0.2) is 25.0 Å². The summed E-state index contributed by atoms with van der Waals surface area (Å²) in [5.41, 5.74) is 1.04. The summed E-state index contributed by atoms with van der Waals surface area (Å²) in [4.78, 5) is 2.51. The smallest absolute Gasteiger partial charge is 0.00271 e. The second kappa shape index (κ2) is 3.84. The average Bonchev–Trinajstić information content (AvgIpc) is 1.95. The highest BCUT2D eigenvalue weighted by Crippen LogP contribution is 2.46. The monoisotopic (exact) mass is 197 g/mol. The lowest BCUT2D eigenvalue weighted by molar-refractivity contribution is 0.0351. The predicted molar refractivity (Wildman–Crippen MR) is 63.5 cm³/mol. The van der Waals surface area contributed by atoms with Crippen LogP contribution in [0.5, 0.6) is 0 Å². The minimum absolute atomic E-state index is 0.433. The molecule has 1 rings (SSSR count). The molecule has 0 bridgehead atoms. The van der Waals surface area contributed by atoms with E-state index in [1.54, 1.807) is 0 Å². The fraction of sp³-hybridized carbons (Fsp3) is 1.00. The summed E-state index contributed by atoms with van der Waals surface area (Å²) < 4.78 is 0. The molecule has 0 amide bonds. The zero-order valence-electron chi connectivity index (χ0n) is 10.9. The summed E-state index contributed by atoms with van der Waals surface area (Å²) in [6, 6.07) is 0. The van der Waals surface area contributed by atoms with Crippen molar-refractivity contribution < 1.29 is 0 Å². The summed E-state index contributed by atoms with van der Waals surface area (Å²) >= 11 is 0. The minimum atomic E-state index is 0.433. The first-order valence-electron chi connectivity index (χ1n) is 5.89. The van der Waals surface area contributed by atoms with Crippen molar-refractivity contribution in [2.45, 2.75) is 47.5 Å². The lowest BCUT2D eigenvalue weighted by Gasteiger charge is -2.47. The summed E-state index contributed by atoms with van der Waals surface area (Å²) in [6.07, 6.45) is 2.85. The van der Waals surface area contributed by atoms with Crippen LogP contribution in [0.4, 0.5) is 0 Å². The minimum Gasteiger partial charge on any atom is -0.306 e. The van der Waals surface area contributed by atoms with Crippen LogP contribution in [0.1, 0.15) is 47.5 Å². The van der Waals surface area contributed by atoms with Crippen molar-refractivity contribution in [2.75, 3.05) is 20.1 Å². The van der Waals surface area contributed by atoms with E-state index in [9.17, 15) is 0 Å². The Morgan fingerprint density at radius 3 is 2.14 bits per heavy atom. The number of hydrogen-bond acceptors (Lipinski definition) is 1. The first-order chi connectivity index (χ1) is 6.21. The molecule has 1 fully saturated rings. The Labute approximate surface area is 89.9 Å². The Morgan fingerprint density at radius 2 is 1.86 bits per heavy atom. The molecule has 0 spiro atoms. The molecule has 84 valence electrons. The fourth-order valence-electron chi connectivity index (χ4n) is 2.51. The number of rotatable bonds is 3. The second-order valence-corrected chi connectivity index (χ2v) is 6.98. The van der Waals surface area contributed by atoms with Gasteiger partial charge < -0.3 is 4.90 Å². The summed E-state index contributed by atoms with van der Waals surface area (Å²) in [5, 5.41) is 0. The van der Waals surface area contributed by atoms with E-state index in [1.807, 2.05) is 0 Å². The van der Waals surface area contributed by atoms with E-state index >= 15 is 0 Å². The van der Waals surface area contributed by atoms with Gasteiger partial charge in [0.1, 0.15) is 0 Å². The van der Waals surface area contributed by atoms with E-state index in [0.29, 0.717) is 10.8 Å². The molecule has 0 aromatic carbocycles. The van der Waals surface area contributed by atoms with Crippen molar-refractivity contribution in [1.29, 1.82) is 0 Å². The van der Waals surface area contributed by atoms with Crippen LogP contribution in [0.15, 0.2) is 0 Å². The normalized spacial score (nSPS) is 26.4. The van der Waals surface area contributed by atoms with Crippen LogP contribution in [-0.2, 0) is 0 Å². The van der Waals surface area contributed by atoms with Crippen LogP contribution in [0.3, 0.4) is 0 Å². The lowest BCUT2D eigenvalue weighted by atomic mass is 9.62. The highest BCUT2D eigenvalue weighted by atomic mass is 15.1. The molecule has 1 atom stereocenters. The Morgan fingerprint density at radius 1 is 1.29 bits per heavy atom. The predicted octanol–water partition coefficient (Wildman–Crippen LogP) is 3.40. The molecule has 1 saturated carbocycles. The van der Waals surface area contributed by atoms with Crippen molar-refractivity contribution in [1.82, 2.24) is 4.90 Å². The van der Waals surface area contributed by atoms with E-state index in [1.165, 1.54) is 25.9 Å². The van der Waals surface area contributed by atoms with Crippen LogP contribution in [0.25, 0.3) is 0 Å². The molecule has 1 nitrogen and oxygen atoms in total. The van der Waals surface area contributed by atoms with Crippen molar-refractivity contribution >= 4 is 0 Å². The third kappa shape index (κ3) is 3.27. The van der Waals surface area contributed by atoms with Crippen LogP contribution < -0.4 is 0 Å². The van der Waals surface area contributed by atoms with Gasteiger partial charge in [-0.1, -0.05) is 34.6 Å². The fourth-order valence-corrected chi connectivity index (χ4v) is 2.51. The van der Waals surface area contributed by atoms with E-state index in [0.717, 1.165) is 5.92 Å². The maximum absolute atomic E-state index is 2.51. The molecule has 0 aromatic heterocycles. The van der Waals surface area contributed by atoms with Gasteiger partial charge in [0.2, 0.25) is 0 Å². The standard InChI is InChI=1S/C13H27N/c1-12(2,3)10-14(6)9-11-7-8-13(11,4)5/h11H,7-10H2,1-6H3. The van der Waals surface area contributed by atoms with Gasteiger partial charge in [0.25, 0.3) is 0 Å². The molecule has 1 unspecified atom stereocenters. The average molecular weight is 197 g/mol. The number of nitrogens with zero attached hydrogens (tertiary/aromatic N) is 1. The molecular formula is C13H27N. The highest BCUT2D eigenvalue weighted by molar-refractivity contribution is 4.90. The van der Waals surface area contributed by atoms with Gasteiger partial charge in [-0.25, -0.2) is 0 Å².